The summed E-state index contributed by atoms with van der Waals surface area (Å²) in [6, 6.07) is 1.94. The fourth-order valence-corrected chi connectivity index (χ4v) is 2.75. The van der Waals surface area contributed by atoms with Crippen LogP contribution in [0.3, 0.4) is 0 Å². The molecule has 1 aliphatic carbocycles. The quantitative estimate of drug-likeness (QED) is 0.455. The number of nitrogens with zero attached hydrogens (tertiary/aromatic N) is 2. The molecule has 5 nitrogen and oxygen atoms in total. The smallest absolute Gasteiger partial charge is 0.262 e. The van der Waals surface area contributed by atoms with Crippen LogP contribution in [0, 0.1) is 11.3 Å². The lowest BCUT2D eigenvalue weighted by Crippen LogP contribution is -2.26. The summed E-state index contributed by atoms with van der Waals surface area (Å²) in [6.07, 6.45) is 4.69. The Morgan fingerprint density at radius 3 is 3.14 bits per heavy atom. The van der Waals surface area contributed by atoms with Gasteiger partial charge in [0.2, 0.25) is 0 Å². The predicted molar refractivity (Wildman–Crippen MR) is 81.8 cm³/mol. The van der Waals surface area contributed by atoms with Crippen LogP contribution in [0.1, 0.15) is 42.8 Å². The SMILES string of the molecule is CCOCCCNC(=O)/C(C#N)=C\c1csc(C2CC2)n1. The van der Waals surface area contributed by atoms with E-state index >= 15 is 0 Å². The molecule has 0 aliphatic heterocycles. The van der Waals surface area contributed by atoms with Crippen molar-refractivity contribution in [2.24, 2.45) is 0 Å². The molecule has 21 heavy (non-hydrogen) atoms. The third-order valence-corrected chi connectivity index (χ3v) is 4.10. The second-order valence-corrected chi connectivity index (χ2v) is 5.75. The van der Waals surface area contributed by atoms with Gasteiger partial charge in [-0.05, 0) is 32.3 Å². The number of hydrogen-bond acceptors (Lipinski definition) is 5. The number of ether oxygens (including phenoxy) is 1. The average molecular weight is 305 g/mol. The number of hydrogen-bond donors (Lipinski definition) is 1. The lowest BCUT2D eigenvalue weighted by atomic mass is 10.2. The maximum absolute atomic E-state index is 11.9. The van der Waals surface area contributed by atoms with Crippen molar-refractivity contribution < 1.29 is 9.53 Å². The molecular formula is C15H19N3O2S. The van der Waals surface area contributed by atoms with Gasteiger partial charge in [-0.1, -0.05) is 0 Å². The Hall–Kier alpha value is -1.71. The fourth-order valence-electron chi connectivity index (χ4n) is 1.80. The summed E-state index contributed by atoms with van der Waals surface area (Å²) < 4.78 is 5.19. The first kappa shape index (κ1) is 15.7. The highest BCUT2D eigenvalue weighted by atomic mass is 32.1. The van der Waals surface area contributed by atoms with Crippen molar-refractivity contribution in [1.82, 2.24) is 10.3 Å². The summed E-state index contributed by atoms with van der Waals surface area (Å²) >= 11 is 1.60. The number of thiazole rings is 1. The van der Waals surface area contributed by atoms with Gasteiger partial charge < -0.3 is 10.1 Å². The zero-order valence-electron chi connectivity index (χ0n) is 12.1. The van der Waals surface area contributed by atoms with E-state index in [1.165, 1.54) is 12.8 Å². The Balaban J connectivity index is 1.86. The average Bonchev–Trinajstić information content (AvgIpc) is 3.24. The van der Waals surface area contributed by atoms with Gasteiger partial charge in [-0.3, -0.25) is 4.79 Å². The van der Waals surface area contributed by atoms with Gasteiger partial charge in [0.05, 0.1) is 10.7 Å². The molecule has 0 unspecified atom stereocenters. The Morgan fingerprint density at radius 2 is 2.48 bits per heavy atom. The van der Waals surface area contributed by atoms with Crippen LogP contribution in [0.2, 0.25) is 0 Å². The summed E-state index contributed by atoms with van der Waals surface area (Å²) in [5, 5.41) is 14.8. The minimum absolute atomic E-state index is 0.0963. The van der Waals surface area contributed by atoms with E-state index in [1.54, 1.807) is 17.4 Å². The number of nitrogens with one attached hydrogen (secondary N) is 1. The molecule has 0 saturated heterocycles. The first-order chi connectivity index (χ1) is 10.2. The van der Waals surface area contributed by atoms with E-state index in [4.69, 9.17) is 10.00 Å². The molecule has 0 bridgehead atoms. The molecule has 1 aromatic heterocycles. The zero-order valence-corrected chi connectivity index (χ0v) is 12.9. The van der Waals surface area contributed by atoms with Crippen LogP contribution in [0.5, 0.6) is 0 Å². The fraction of sp³-hybridized carbons (Fsp3) is 0.533. The summed E-state index contributed by atoms with van der Waals surface area (Å²) in [5.41, 5.74) is 0.793. The van der Waals surface area contributed by atoms with E-state index < -0.39 is 0 Å². The molecule has 1 saturated carbocycles. The molecule has 1 aliphatic rings. The lowest BCUT2D eigenvalue weighted by molar-refractivity contribution is -0.117. The number of nitriles is 1. The topological polar surface area (TPSA) is 75.0 Å². The normalized spacial score (nSPS) is 14.8. The monoisotopic (exact) mass is 305 g/mol. The minimum atomic E-state index is -0.352. The molecule has 1 fully saturated rings. The standard InChI is InChI=1S/C15H19N3O2S/c1-2-20-7-3-6-17-14(19)12(9-16)8-13-10-21-15(18-13)11-4-5-11/h8,10-11H,2-7H2,1H3,(H,17,19)/b12-8-. The highest BCUT2D eigenvalue weighted by molar-refractivity contribution is 7.09. The molecule has 2 rings (SSSR count). The highest BCUT2D eigenvalue weighted by Gasteiger charge is 2.26. The van der Waals surface area contributed by atoms with Crippen LogP contribution in [0.25, 0.3) is 6.08 Å². The Morgan fingerprint density at radius 1 is 1.67 bits per heavy atom. The van der Waals surface area contributed by atoms with Gasteiger partial charge in [0.25, 0.3) is 5.91 Å². The third kappa shape index (κ3) is 4.96. The third-order valence-electron chi connectivity index (χ3n) is 3.08. The maximum Gasteiger partial charge on any atom is 0.262 e. The molecule has 0 radical (unpaired) electrons. The molecule has 6 heteroatoms. The predicted octanol–water partition coefficient (Wildman–Crippen LogP) is 2.47. The first-order valence-electron chi connectivity index (χ1n) is 7.17. The van der Waals surface area contributed by atoms with Crippen molar-refractivity contribution in [3.63, 3.8) is 0 Å². The van der Waals surface area contributed by atoms with Crippen LogP contribution >= 0.6 is 11.3 Å². The first-order valence-corrected chi connectivity index (χ1v) is 8.05. The molecule has 1 aromatic rings. The van der Waals surface area contributed by atoms with E-state index in [1.807, 2.05) is 18.4 Å². The molecule has 1 amide bonds. The van der Waals surface area contributed by atoms with E-state index in [2.05, 4.69) is 10.3 Å². The van der Waals surface area contributed by atoms with Gasteiger partial charge in [-0.15, -0.1) is 11.3 Å². The molecular weight excluding hydrogens is 286 g/mol. The van der Waals surface area contributed by atoms with Crippen LogP contribution in [0.15, 0.2) is 11.0 Å². The van der Waals surface area contributed by atoms with E-state index in [0.717, 1.165) is 11.4 Å². The van der Waals surface area contributed by atoms with Gasteiger partial charge in [0.1, 0.15) is 11.6 Å². The lowest BCUT2D eigenvalue weighted by Gasteiger charge is -2.04. The van der Waals surface area contributed by atoms with Crippen molar-refractivity contribution in [3.05, 3.63) is 21.7 Å². The van der Waals surface area contributed by atoms with Crippen LogP contribution in [-0.4, -0.2) is 30.6 Å². The van der Waals surface area contributed by atoms with E-state index in [0.29, 0.717) is 31.4 Å². The van der Waals surface area contributed by atoms with Gasteiger partial charge >= 0.3 is 0 Å². The number of aromatic nitrogens is 1. The van der Waals surface area contributed by atoms with Crippen LogP contribution in [-0.2, 0) is 9.53 Å². The molecule has 112 valence electrons. The molecule has 1 N–H and O–H groups in total. The summed E-state index contributed by atoms with van der Waals surface area (Å²) in [4.78, 5) is 16.4. The minimum Gasteiger partial charge on any atom is -0.382 e. The van der Waals surface area contributed by atoms with Gasteiger partial charge in [0, 0.05) is 31.1 Å². The second-order valence-electron chi connectivity index (χ2n) is 4.86. The van der Waals surface area contributed by atoms with E-state index in [-0.39, 0.29) is 11.5 Å². The molecule has 0 aromatic carbocycles. The number of rotatable bonds is 8. The summed E-state index contributed by atoms with van der Waals surface area (Å²) in [5.74, 6) is 0.241. The molecule has 0 spiro atoms. The zero-order chi connectivity index (χ0) is 15.1. The molecule has 0 atom stereocenters. The second kappa shape index (κ2) is 7.91. The van der Waals surface area contributed by atoms with Crippen LogP contribution in [0.4, 0.5) is 0 Å². The largest absolute Gasteiger partial charge is 0.382 e. The molecule has 1 heterocycles. The highest BCUT2D eigenvalue weighted by Crippen LogP contribution is 2.41. The van der Waals surface area contributed by atoms with Gasteiger partial charge in [-0.25, -0.2) is 4.98 Å². The van der Waals surface area contributed by atoms with Crippen molar-refractivity contribution in [3.8, 4) is 6.07 Å². The van der Waals surface area contributed by atoms with E-state index in [9.17, 15) is 4.79 Å². The number of amides is 1. The van der Waals surface area contributed by atoms with Crippen molar-refractivity contribution in [1.29, 1.82) is 5.26 Å². The summed E-state index contributed by atoms with van der Waals surface area (Å²) in [6.45, 7) is 3.71. The van der Waals surface area contributed by atoms with Crippen molar-refractivity contribution >= 4 is 23.3 Å². The number of carbonyl (C=O) groups is 1. The van der Waals surface area contributed by atoms with Crippen LogP contribution < -0.4 is 5.32 Å². The van der Waals surface area contributed by atoms with Gasteiger partial charge in [-0.2, -0.15) is 5.26 Å². The van der Waals surface area contributed by atoms with Crippen molar-refractivity contribution in [2.75, 3.05) is 19.8 Å². The van der Waals surface area contributed by atoms with Crippen molar-refractivity contribution in [2.45, 2.75) is 32.1 Å². The number of carbonyl (C=O) groups excluding carboxylic acids is 1. The Bertz CT molecular complexity index is 556. The van der Waals surface area contributed by atoms with Gasteiger partial charge in [0.15, 0.2) is 0 Å². The Kier molecular flexibility index (Phi) is 5.90. The maximum atomic E-state index is 11.9. The summed E-state index contributed by atoms with van der Waals surface area (Å²) in [7, 11) is 0. The Labute approximate surface area is 128 Å².